The molecule has 0 aliphatic heterocycles. The van der Waals surface area contributed by atoms with E-state index in [9.17, 15) is 26.7 Å². The SMILES string of the molecule is CN(Cc1cc(-c2ccc(F)c(C(F)F)c2)cnc1C(C)(F)F)CC1(OC=O)CCC1. The molecule has 1 aliphatic rings. The number of nitrogens with zero attached hydrogens (tertiary/aromatic N) is 2. The Labute approximate surface area is 177 Å². The van der Waals surface area contributed by atoms with Crippen molar-refractivity contribution in [2.75, 3.05) is 13.6 Å². The number of likely N-dealkylation sites (N-methyl/N-ethyl adjacent to an activating group) is 1. The molecular formula is C22H23F5N2O2. The molecule has 4 nitrogen and oxygen atoms in total. The van der Waals surface area contributed by atoms with E-state index in [2.05, 4.69) is 4.98 Å². The number of pyridine rings is 1. The van der Waals surface area contributed by atoms with E-state index in [-0.39, 0.29) is 17.7 Å². The summed E-state index contributed by atoms with van der Waals surface area (Å²) in [5, 5.41) is 0. The minimum Gasteiger partial charge on any atom is -0.460 e. The van der Waals surface area contributed by atoms with Crippen molar-refractivity contribution in [3.05, 3.63) is 53.1 Å². The lowest BCUT2D eigenvalue weighted by molar-refractivity contribution is -0.156. The summed E-state index contributed by atoms with van der Waals surface area (Å²) in [4.78, 5) is 16.5. The van der Waals surface area contributed by atoms with Gasteiger partial charge in [-0.05, 0) is 55.6 Å². The van der Waals surface area contributed by atoms with Crippen LogP contribution in [0.2, 0.25) is 0 Å². The van der Waals surface area contributed by atoms with Gasteiger partial charge in [-0.2, -0.15) is 8.78 Å². The predicted octanol–water partition coefficient (Wildman–Crippen LogP) is 5.46. The van der Waals surface area contributed by atoms with E-state index >= 15 is 0 Å². The molecule has 1 aromatic heterocycles. The summed E-state index contributed by atoms with van der Waals surface area (Å²) in [6.45, 7) is 1.56. The Morgan fingerprint density at radius 2 is 1.97 bits per heavy atom. The average molecular weight is 442 g/mol. The molecule has 168 valence electrons. The highest BCUT2D eigenvalue weighted by Crippen LogP contribution is 2.37. The number of hydrogen-bond acceptors (Lipinski definition) is 4. The topological polar surface area (TPSA) is 42.4 Å². The molecule has 31 heavy (non-hydrogen) atoms. The van der Waals surface area contributed by atoms with Gasteiger partial charge in [0, 0.05) is 31.8 Å². The van der Waals surface area contributed by atoms with E-state index in [1.807, 2.05) is 0 Å². The van der Waals surface area contributed by atoms with Crippen LogP contribution in [-0.2, 0) is 22.0 Å². The Balaban J connectivity index is 1.93. The second-order valence-electron chi connectivity index (χ2n) is 8.08. The van der Waals surface area contributed by atoms with Crippen molar-refractivity contribution in [2.45, 2.75) is 50.7 Å². The third-order valence-corrected chi connectivity index (χ3v) is 5.51. The van der Waals surface area contributed by atoms with Crippen LogP contribution in [0, 0.1) is 5.82 Å². The summed E-state index contributed by atoms with van der Waals surface area (Å²) in [7, 11) is 1.71. The molecule has 1 saturated carbocycles. The number of aromatic nitrogens is 1. The number of rotatable bonds is 9. The summed E-state index contributed by atoms with van der Waals surface area (Å²) in [5.74, 6) is -4.26. The van der Waals surface area contributed by atoms with Crippen LogP contribution in [0.5, 0.6) is 0 Å². The molecular weight excluding hydrogens is 419 g/mol. The summed E-state index contributed by atoms with van der Waals surface area (Å²) in [6.07, 6.45) is 0.457. The van der Waals surface area contributed by atoms with E-state index in [0.29, 0.717) is 31.4 Å². The fourth-order valence-corrected chi connectivity index (χ4v) is 3.90. The van der Waals surface area contributed by atoms with Gasteiger partial charge >= 0.3 is 0 Å². The standard InChI is InChI=1S/C22H23F5N2O2/c1-21(26,27)19-16(11-29(2)12-22(31-13-30)6-3-7-22)8-15(10-28-19)14-4-5-18(23)17(9-14)20(24)25/h4-5,8-10,13,20H,3,6-7,11-12H2,1-2H3. The first-order valence-electron chi connectivity index (χ1n) is 9.80. The van der Waals surface area contributed by atoms with Gasteiger partial charge < -0.3 is 4.74 Å². The number of hydrogen-bond donors (Lipinski definition) is 0. The van der Waals surface area contributed by atoms with Crippen LogP contribution in [0.15, 0.2) is 30.5 Å². The second kappa shape index (κ2) is 8.90. The molecule has 0 unspecified atom stereocenters. The summed E-state index contributed by atoms with van der Waals surface area (Å²) in [6, 6.07) is 4.67. The molecule has 0 N–H and O–H groups in total. The van der Waals surface area contributed by atoms with Gasteiger partial charge in [-0.1, -0.05) is 6.07 Å². The number of carbonyl (C=O) groups excluding carboxylic acids is 1. The summed E-state index contributed by atoms with van der Waals surface area (Å²) >= 11 is 0. The lowest BCUT2D eigenvalue weighted by Gasteiger charge is -2.42. The van der Waals surface area contributed by atoms with Crippen molar-refractivity contribution < 1.29 is 31.5 Å². The Hall–Kier alpha value is -2.55. The minimum absolute atomic E-state index is 0.0759. The lowest BCUT2D eigenvalue weighted by atomic mass is 9.79. The zero-order valence-corrected chi connectivity index (χ0v) is 17.2. The Kier molecular flexibility index (Phi) is 6.64. The zero-order valence-electron chi connectivity index (χ0n) is 17.2. The van der Waals surface area contributed by atoms with Crippen molar-refractivity contribution in [1.82, 2.24) is 9.88 Å². The Morgan fingerprint density at radius 3 is 2.52 bits per heavy atom. The van der Waals surface area contributed by atoms with Crippen LogP contribution in [-0.4, -0.2) is 35.5 Å². The maximum Gasteiger partial charge on any atom is 0.293 e. The van der Waals surface area contributed by atoms with Crippen molar-refractivity contribution in [1.29, 1.82) is 0 Å². The van der Waals surface area contributed by atoms with Gasteiger partial charge in [-0.15, -0.1) is 0 Å². The molecule has 0 spiro atoms. The predicted molar refractivity (Wildman–Crippen MR) is 104 cm³/mol. The van der Waals surface area contributed by atoms with Crippen LogP contribution in [0.1, 0.15) is 49.4 Å². The molecule has 3 rings (SSSR count). The summed E-state index contributed by atoms with van der Waals surface area (Å²) in [5.41, 5.74) is -1.05. The van der Waals surface area contributed by atoms with E-state index in [0.717, 1.165) is 25.5 Å². The molecule has 9 heteroatoms. The highest BCUT2D eigenvalue weighted by molar-refractivity contribution is 5.64. The third-order valence-electron chi connectivity index (χ3n) is 5.51. The zero-order chi connectivity index (χ0) is 22.8. The molecule has 1 fully saturated rings. The third kappa shape index (κ3) is 5.20. The molecule has 1 heterocycles. The number of ether oxygens (including phenoxy) is 1. The Morgan fingerprint density at radius 1 is 1.26 bits per heavy atom. The van der Waals surface area contributed by atoms with Crippen molar-refractivity contribution in [2.24, 2.45) is 0 Å². The molecule has 0 radical (unpaired) electrons. The first-order chi connectivity index (χ1) is 14.5. The molecule has 2 aromatic rings. The number of benzene rings is 1. The quantitative estimate of drug-likeness (QED) is 0.382. The van der Waals surface area contributed by atoms with Gasteiger partial charge in [0.2, 0.25) is 0 Å². The molecule has 0 saturated heterocycles. The second-order valence-corrected chi connectivity index (χ2v) is 8.08. The van der Waals surface area contributed by atoms with Crippen LogP contribution in [0.4, 0.5) is 22.0 Å². The minimum atomic E-state index is -3.22. The summed E-state index contributed by atoms with van der Waals surface area (Å²) < 4.78 is 73.3. The van der Waals surface area contributed by atoms with Crippen molar-refractivity contribution in [3.8, 4) is 11.1 Å². The number of alkyl halides is 4. The van der Waals surface area contributed by atoms with Gasteiger partial charge in [-0.25, -0.2) is 13.2 Å². The largest absolute Gasteiger partial charge is 0.460 e. The van der Waals surface area contributed by atoms with Gasteiger partial charge in [0.1, 0.15) is 17.1 Å². The van der Waals surface area contributed by atoms with Crippen molar-refractivity contribution >= 4 is 6.47 Å². The average Bonchev–Trinajstić information content (AvgIpc) is 2.65. The maximum absolute atomic E-state index is 14.2. The van der Waals surface area contributed by atoms with Crippen LogP contribution < -0.4 is 0 Å². The van der Waals surface area contributed by atoms with Crippen LogP contribution in [0.25, 0.3) is 11.1 Å². The fourth-order valence-electron chi connectivity index (χ4n) is 3.90. The monoisotopic (exact) mass is 442 g/mol. The van der Waals surface area contributed by atoms with E-state index < -0.39 is 35.0 Å². The highest BCUT2D eigenvalue weighted by Gasteiger charge is 2.40. The van der Waals surface area contributed by atoms with E-state index in [4.69, 9.17) is 4.74 Å². The molecule has 0 amide bonds. The maximum atomic E-state index is 14.2. The Bertz CT molecular complexity index is 942. The molecule has 0 atom stereocenters. The van der Waals surface area contributed by atoms with Crippen LogP contribution in [0.3, 0.4) is 0 Å². The van der Waals surface area contributed by atoms with Gasteiger partial charge in [0.15, 0.2) is 0 Å². The van der Waals surface area contributed by atoms with Gasteiger partial charge in [0.05, 0.1) is 5.56 Å². The number of carbonyl (C=O) groups is 1. The molecule has 1 aliphatic carbocycles. The van der Waals surface area contributed by atoms with Crippen molar-refractivity contribution in [3.63, 3.8) is 0 Å². The molecule has 1 aromatic carbocycles. The van der Waals surface area contributed by atoms with Gasteiger partial charge in [0.25, 0.3) is 18.8 Å². The normalized spacial score (nSPS) is 15.8. The van der Waals surface area contributed by atoms with Gasteiger partial charge in [-0.3, -0.25) is 14.7 Å². The number of halogens is 5. The van der Waals surface area contributed by atoms with Crippen LogP contribution >= 0.6 is 0 Å². The lowest BCUT2D eigenvalue weighted by Crippen LogP contribution is -2.48. The highest BCUT2D eigenvalue weighted by atomic mass is 19.3. The first-order valence-corrected chi connectivity index (χ1v) is 9.80. The fraction of sp³-hybridized carbons (Fsp3) is 0.455. The van der Waals surface area contributed by atoms with E-state index in [1.165, 1.54) is 18.3 Å². The molecule has 0 bridgehead atoms. The van der Waals surface area contributed by atoms with E-state index in [1.54, 1.807) is 11.9 Å². The first kappa shape index (κ1) is 23.1. The smallest absolute Gasteiger partial charge is 0.293 e.